The fraction of sp³-hybridized carbons (Fsp3) is 0.818. The van der Waals surface area contributed by atoms with Crippen molar-refractivity contribution in [3.8, 4) is 0 Å². The molecule has 13 nitrogen and oxygen atoms in total. The summed E-state index contributed by atoms with van der Waals surface area (Å²) in [5.74, 6) is -2.66. The van der Waals surface area contributed by atoms with Gasteiger partial charge in [0.25, 0.3) is 0 Å². The van der Waals surface area contributed by atoms with Crippen molar-refractivity contribution in [3.05, 3.63) is 0 Å². The van der Waals surface area contributed by atoms with Crippen LogP contribution in [-0.2, 0) is 28.8 Å². The summed E-state index contributed by atoms with van der Waals surface area (Å²) < 4.78 is 0. The van der Waals surface area contributed by atoms with Crippen molar-refractivity contribution in [2.45, 2.75) is 118 Å². The van der Waals surface area contributed by atoms with Gasteiger partial charge in [0.05, 0.1) is 18.1 Å². The van der Waals surface area contributed by atoms with Crippen molar-refractivity contribution in [1.29, 1.82) is 0 Å². The highest BCUT2D eigenvalue weighted by Crippen LogP contribution is 2.21. The SMILES string of the molecule is CNC(=O)[C@H](C(C)C)N(C)C(=O)[C@H](CC(C)C)N(C)C(=O)[C@@H](C(C)C)N(C)C(=O)[C@H](C)N[C@H](C)C(=O)NC(=O)[C@H](CC(C)C)NC. The lowest BCUT2D eigenvalue weighted by atomic mass is 9.95. The molecule has 0 saturated carbocycles. The third-order valence-electron chi connectivity index (χ3n) is 8.24. The number of nitrogens with one attached hydrogen (secondary N) is 4. The molecule has 6 amide bonds. The summed E-state index contributed by atoms with van der Waals surface area (Å²) in [6.07, 6.45) is 0.920. The number of carbonyl (C=O) groups is 6. The molecule has 0 aliphatic rings. The standard InChI is InChI=1S/C33H63N7O6/c1-18(2)16-24(34-11)29(42)37-28(41)22(9)36-23(10)31(44)40(15)27(21(7)8)33(46)38(13)25(17-19(3)4)32(45)39(14)26(20(5)6)30(43)35-12/h18-27,34,36H,16-17H2,1-15H3,(H,35,43)(H,37,41,42)/t22-,23+,24+,25+,26+,27-/m1/s1. The maximum absolute atomic E-state index is 14.1. The molecule has 4 N–H and O–H groups in total. The smallest absolute Gasteiger partial charge is 0.246 e. The molecule has 0 aliphatic carbocycles. The number of rotatable bonds is 18. The van der Waals surface area contributed by atoms with Gasteiger partial charge in [-0.3, -0.25) is 39.4 Å². The number of hydrogen-bond acceptors (Lipinski definition) is 8. The van der Waals surface area contributed by atoms with Gasteiger partial charge in [0.1, 0.15) is 18.1 Å². The molecule has 0 aromatic carbocycles. The second kappa shape index (κ2) is 19.6. The lowest BCUT2D eigenvalue weighted by Gasteiger charge is -2.40. The highest BCUT2D eigenvalue weighted by atomic mass is 16.2. The Bertz CT molecular complexity index is 1050. The van der Waals surface area contributed by atoms with Crippen LogP contribution in [0.4, 0.5) is 0 Å². The van der Waals surface area contributed by atoms with Crippen LogP contribution in [0, 0.1) is 23.7 Å². The van der Waals surface area contributed by atoms with Crippen LogP contribution in [0.15, 0.2) is 0 Å². The molecule has 266 valence electrons. The first-order valence-corrected chi connectivity index (χ1v) is 16.4. The molecule has 46 heavy (non-hydrogen) atoms. The molecule has 6 atom stereocenters. The average molecular weight is 654 g/mol. The number of nitrogens with zero attached hydrogens (tertiary/aromatic N) is 3. The van der Waals surface area contributed by atoms with E-state index in [0.717, 1.165) is 0 Å². The second-order valence-corrected chi connectivity index (χ2v) is 13.9. The zero-order chi connectivity index (χ0) is 36.2. The van der Waals surface area contributed by atoms with Crippen LogP contribution < -0.4 is 21.3 Å². The molecule has 0 unspecified atom stereocenters. The van der Waals surface area contributed by atoms with Crippen molar-refractivity contribution in [3.63, 3.8) is 0 Å². The summed E-state index contributed by atoms with van der Waals surface area (Å²) in [6.45, 7) is 18.4. The summed E-state index contributed by atoms with van der Waals surface area (Å²) in [4.78, 5) is 83.7. The quantitative estimate of drug-likeness (QED) is 0.172. The minimum Gasteiger partial charge on any atom is -0.357 e. The first-order chi connectivity index (χ1) is 21.1. The Morgan fingerprint density at radius 3 is 1.43 bits per heavy atom. The first-order valence-electron chi connectivity index (χ1n) is 16.4. The number of hydrogen-bond donors (Lipinski definition) is 4. The molecular formula is C33H63N7O6. The van der Waals surface area contributed by atoms with E-state index in [-0.39, 0.29) is 35.5 Å². The lowest BCUT2D eigenvalue weighted by molar-refractivity contribution is -0.154. The molecule has 13 heteroatoms. The summed E-state index contributed by atoms with van der Waals surface area (Å²) in [7, 11) is 7.84. The third kappa shape index (κ3) is 12.3. The Balaban J connectivity index is 5.97. The van der Waals surface area contributed by atoms with E-state index < -0.39 is 59.9 Å². The minimum absolute atomic E-state index is 0.0597. The van der Waals surface area contributed by atoms with Gasteiger partial charge in [-0.15, -0.1) is 0 Å². The van der Waals surface area contributed by atoms with E-state index in [4.69, 9.17) is 0 Å². The van der Waals surface area contributed by atoms with Gasteiger partial charge in [-0.25, -0.2) is 0 Å². The van der Waals surface area contributed by atoms with Crippen molar-refractivity contribution >= 4 is 35.4 Å². The van der Waals surface area contributed by atoms with Crippen molar-refractivity contribution in [1.82, 2.24) is 36.0 Å². The number of amides is 6. The monoisotopic (exact) mass is 653 g/mol. The van der Waals surface area contributed by atoms with Crippen LogP contribution >= 0.6 is 0 Å². The van der Waals surface area contributed by atoms with E-state index in [1.165, 1.54) is 28.8 Å². The van der Waals surface area contributed by atoms with Crippen LogP contribution in [0.5, 0.6) is 0 Å². The van der Waals surface area contributed by atoms with E-state index in [9.17, 15) is 28.8 Å². The van der Waals surface area contributed by atoms with Crippen molar-refractivity contribution in [2.24, 2.45) is 23.7 Å². The van der Waals surface area contributed by atoms with Crippen LogP contribution in [0.1, 0.15) is 82.1 Å². The molecule has 0 aromatic heterocycles. The Labute approximate surface area is 277 Å². The Morgan fingerprint density at radius 1 is 0.543 bits per heavy atom. The van der Waals surface area contributed by atoms with Gasteiger partial charge in [-0.1, -0.05) is 55.4 Å². The summed E-state index contributed by atoms with van der Waals surface area (Å²) in [5, 5.41) is 10.9. The largest absolute Gasteiger partial charge is 0.357 e. The first kappa shape index (κ1) is 42.9. The van der Waals surface area contributed by atoms with Gasteiger partial charge in [0.2, 0.25) is 35.4 Å². The predicted molar refractivity (Wildman–Crippen MR) is 180 cm³/mol. The molecule has 0 saturated heterocycles. The van der Waals surface area contributed by atoms with Gasteiger partial charge >= 0.3 is 0 Å². The normalized spacial score (nSPS) is 15.5. The van der Waals surface area contributed by atoms with Gasteiger partial charge in [0, 0.05) is 28.2 Å². The van der Waals surface area contributed by atoms with Crippen molar-refractivity contribution in [2.75, 3.05) is 35.2 Å². The van der Waals surface area contributed by atoms with Crippen LogP contribution in [0.25, 0.3) is 0 Å². The van der Waals surface area contributed by atoms with Gasteiger partial charge in [-0.05, 0) is 57.4 Å². The fourth-order valence-electron chi connectivity index (χ4n) is 5.69. The molecular weight excluding hydrogens is 590 g/mol. The lowest BCUT2D eigenvalue weighted by Crippen LogP contribution is -2.61. The van der Waals surface area contributed by atoms with E-state index in [1.807, 2.05) is 55.4 Å². The molecule has 0 heterocycles. The maximum atomic E-state index is 14.1. The highest BCUT2D eigenvalue weighted by Gasteiger charge is 2.40. The summed E-state index contributed by atoms with van der Waals surface area (Å²) in [5.41, 5.74) is 0. The molecule has 0 aromatic rings. The molecule has 0 radical (unpaired) electrons. The summed E-state index contributed by atoms with van der Waals surface area (Å²) >= 11 is 0. The number of likely N-dealkylation sites (N-methyl/N-ethyl adjacent to an activating group) is 5. The Kier molecular flexibility index (Phi) is 18.3. The van der Waals surface area contributed by atoms with E-state index >= 15 is 0 Å². The van der Waals surface area contributed by atoms with Gasteiger partial charge in [-0.2, -0.15) is 0 Å². The van der Waals surface area contributed by atoms with Gasteiger partial charge < -0.3 is 25.3 Å². The topological polar surface area (TPSA) is 160 Å². The van der Waals surface area contributed by atoms with Crippen LogP contribution in [0.2, 0.25) is 0 Å². The molecule has 0 spiro atoms. The zero-order valence-electron chi connectivity index (χ0n) is 31.0. The molecule has 0 rings (SSSR count). The Morgan fingerprint density at radius 2 is 1.02 bits per heavy atom. The molecule has 0 aliphatic heterocycles. The highest BCUT2D eigenvalue weighted by molar-refractivity contribution is 6.00. The number of carbonyl (C=O) groups excluding carboxylic acids is 6. The summed E-state index contributed by atoms with van der Waals surface area (Å²) in [6, 6.07) is -4.75. The van der Waals surface area contributed by atoms with Gasteiger partial charge in [0.15, 0.2) is 0 Å². The van der Waals surface area contributed by atoms with Crippen molar-refractivity contribution < 1.29 is 28.8 Å². The maximum Gasteiger partial charge on any atom is 0.246 e. The van der Waals surface area contributed by atoms with E-state index in [2.05, 4.69) is 21.3 Å². The fourth-order valence-corrected chi connectivity index (χ4v) is 5.69. The molecule has 0 bridgehead atoms. The number of imide groups is 1. The van der Waals surface area contributed by atoms with Crippen LogP contribution in [-0.4, -0.2) is 122 Å². The van der Waals surface area contributed by atoms with E-state index in [0.29, 0.717) is 12.8 Å². The average Bonchev–Trinajstić information content (AvgIpc) is 2.96. The predicted octanol–water partition coefficient (Wildman–Crippen LogP) is 1.22. The zero-order valence-corrected chi connectivity index (χ0v) is 31.0. The minimum atomic E-state index is -0.910. The molecule has 0 fully saturated rings. The second-order valence-electron chi connectivity index (χ2n) is 13.9. The van der Waals surface area contributed by atoms with Crippen LogP contribution in [0.3, 0.4) is 0 Å². The van der Waals surface area contributed by atoms with E-state index in [1.54, 1.807) is 35.0 Å². The Hall–Kier alpha value is -3.06. The third-order valence-corrected chi connectivity index (χ3v) is 8.24.